The summed E-state index contributed by atoms with van der Waals surface area (Å²) in [5, 5.41) is 0. The number of halogens is 2. The molecule has 1 aromatic heterocycles. The highest BCUT2D eigenvalue weighted by atomic mass is 19.2. The molecular weight excluding hydrogens is 246 g/mol. The fourth-order valence-electron chi connectivity index (χ4n) is 2.11. The SMILES string of the molecule is CC(CN)(Cc1ccncc1)c1ccc(F)c(F)c1. The summed E-state index contributed by atoms with van der Waals surface area (Å²) in [5.41, 5.74) is 7.17. The molecule has 0 bridgehead atoms. The number of hydrogen-bond acceptors (Lipinski definition) is 2. The summed E-state index contributed by atoms with van der Waals surface area (Å²) >= 11 is 0. The molecule has 0 aliphatic heterocycles. The number of hydrogen-bond donors (Lipinski definition) is 1. The second-order valence-corrected chi connectivity index (χ2v) is 4.93. The molecule has 19 heavy (non-hydrogen) atoms. The maximum atomic E-state index is 13.4. The second kappa shape index (κ2) is 5.45. The number of nitrogens with zero attached hydrogens (tertiary/aromatic N) is 1. The molecule has 100 valence electrons. The smallest absolute Gasteiger partial charge is 0.159 e. The largest absolute Gasteiger partial charge is 0.330 e. The van der Waals surface area contributed by atoms with E-state index in [9.17, 15) is 8.78 Å². The highest BCUT2D eigenvalue weighted by Crippen LogP contribution is 2.28. The lowest BCUT2D eigenvalue weighted by molar-refractivity contribution is 0.464. The van der Waals surface area contributed by atoms with Crippen LogP contribution in [0.3, 0.4) is 0 Å². The first-order valence-corrected chi connectivity index (χ1v) is 6.10. The van der Waals surface area contributed by atoms with E-state index < -0.39 is 17.0 Å². The van der Waals surface area contributed by atoms with Crippen LogP contribution in [0.5, 0.6) is 0 Å². The van der Waals surface area contributed by atoms with Gasteiger partial charge in [-0.25, -0.2) is 8.78 Å². The third-order valence-electron chi connectivity index (χ3n) is 3.41. The maximum absolute atomic E-state index is 13.4. The van der Waals surface area contributed by atoms with E-state index in [-0.39, 0.29) is 0 Å². The van der Waals surface area contributed by atoms with Gasteiger partial charge in [-0.1, -0.05) is 13.0 Å². The minimum atomic E-state index is -0.841. The Morgan fingerprint density at radius 1 is 1.11 bits per heavy atom. The summed E-state index contributed by atoms with van der Waals surface area (Å²) in [6.07, 6.45) is 4.06. The average Bonchev–Trinajstić information content (AvgIpc) is 2.43. The zero-order chi connectivity index (χ0) is 13.9. The molecule has 1 heterocycles. The first-order valence-electron chi connectivity index (χ1n) is 6.10. The standard InChI is InChI=1S/C15H16F2N2/c1-15(10-18,9-11-4-6-19-7-5-11)12-2-3-13(16)14(17)8-12/h2-8H,9-10,18H2,1H3. The van der Waals surface area contributed by atoms with Gasteiger partial charge in [0.25, 0.3) is 0 Å². The molecule has 0 fully saturated rings. The lowest BCUT2D eigenvalue weighted by Crippen LogP contribution is -2.34. The van der Waals surface area contributed by atoms with Gasteiger partial charge in [0, 0.05) is 24.4 Å². The predicted octanol–water partition coefficient (Wildman–Crippen LogP) is 2.82. The van der Waals surface area contributed by atoms with Gasteiger partial charge in [-0.15, -0.1) is 0 Å². The Labute approximate surface area is 111 Å². The van der Waals surface area contributed by atoms with Crippen molar-refractivity contribution in [2.24, 2.45) is 5.73 Å². The molecule has 1 atom stereocenters. The van der Waals surface area contributed by atoms with Gasteiger partial charge < -0.3 is 5.73 Å². The number of nitrogens with two attached hydrogens (primary N) is 1. The van der Waals surface area contributed by atoms with Crippen LogP contribution in [-0.2, 0) is 11.8 Å². The summed E-state index contributed by atoms with van der Waals surface area (Å²) in [4.78, 5) is 3.96. The van der Waals surface area contributed by atoms with Crippen molar-refractivity contribution in [3.8, 4) is 0 Å². The van der Waals surface area contributed by atoms with Gasteiger partial charge in [0.1, 0.15) is 0 Å². The predicted molar refractivity (Wildman–Crippen MR) is 70.7 cm³/mol. The molecule has 1 unspecified atom stereocenters. The lowest BCUT2D eigenvalue weighted by Gasteiger charge is -2.29. The Bertz CT molecular complexity index is 557. The van der Waals surface area contributed by atoms with Gasteiger partial charge in [-0.2, -0.15) is 0 Å². The van der Waals surface area contributed by atoms with Crippen molar-refractivity contribution in [3.05, 3.63) is 65.5 Å². The first kappa shape index (κ1) is 13.6. The zero-order valence-electron chi connectivity index (χ0n) is 10.7. The molecule has 1 aromatic carbocycles. The molecule has 4 heteroatoms. The van der Waals surface area contributed by atoms with E-state index in [1.807, 2.05) is 19.1 Å². The van der Waals surface area contributed by atoms with Crippen LogP contribution in [0.25, 0.3) is 0 Å². The van der Waals surface area contributed by atoms with Crippen LogP contribution in [0, 0.1) is 11.6 Å². The molecule has 0 aliphatic carbocycles. The summed E-state index contributed by atoms with van der Waals surface area (Å²) in [7, 11) is 0. The monoisotopic (exact) mass is 262 g/mol. The van der Waals surface area contributed by atoms with E-state index in [1.54, 1.807) is 18.5 Å². The first-order chi connectivity index (χ1) is 9.05. The van der Waals surface area contributed by atoms with Crippen molar-refractivity contribution < 1.29 is 8.78 Å². The molecule has 0 amide bonds. The number of aromatic nitrogens is 1. The molecule has 2 rings (SSSR count). The van der Waals surface area contributed by atoms with Gasteiger partial charge in [0.05, 0.1) is 0 Å². The lowest BCUT2D eigenvalue weighted by atomic mass is 9.77. The van der Waals surface area contributed by atoms with E-state index in [1.165, 1.54) is 6.07 Å². The molecular formula is C15H16F2N2. The summed E-state index contributed by atoms with van der Waals surface area (Å²) in [6, 6.07) is 7.75. The molecule has 0 saturated heterocycles. The Hall–Kier alpha value is -1.81. The quantitative estimate of drug-likeness (QED) is 0.920. The van der Waals surface area contributed by atoms with Gasteiger partial charge in [-0.3, -0.25) is 4.98 Å². The Balaban J connectivity index is 2.33. The third-order valence-corrected chi connectivity index (χ3v) is 3.41. The fourth-order valence-corrected chi connectivity index (χ4v) is 2.11. The maximum Gasteiger partial charge on any atom is 0.159 e. The third kappa shape index (κ3) is 2.96. The Morgan fingerprint density at radius 3 is 2.37 bits per heavy atom. The van der Waals surface area contributed by atoms with Crippen molar-refractivity contribution in [1.29, 1.82) is 0 Å². The van der Waals surface area contributed by atoms with Gasteiger partial charge in [0.15, 0.2) is 11.6 Å². The van der Waals surface area contributed by atoms with E-state index in [0.29, 0.717) is 18.5 Å². The minimum Gasteiger partial charge on any atom is -0.330 e. The Kier molecular flexibility index (Phi) is 3.90. The van der Waals surface area contributed by atoms with Gasteiger partial charge in [0.2, 0.25) is 0 Å². The summed E-state index contributed by atoms with van der Waals surface area (Å²) < 4.78 is 26.4. The second-order valence-electron chi connectivity index (χ2n) is 4.93. The van der Waals surface area contributed by atoms with Crippen molar-refractivity contribution >= 4 is 0 Å². The average molecular weight is 262 g/mol. The highest BCUT2D eigenvalue weighted by Gasteiger charge is 2.26. The summed E-state index contributed by atoms with van der Waals surface area (Å²) in [5.74, 6) is -1.68. The molecule has 2 nitrogen and oxygen atoms in total. The minimum absolute atomic E-state index is 0.348. The fraction of sp³-hybridized carbons (Fsp3) is 0.267. The molecule has 0 radical (unpaired) electrons. The molecule has 0 aliphatic rings. The van der Waals surface area contributed by atoms with Crippen LogP contribution in [0.1, 0.15) is 18.1 Å². The van der Waals surface area contributed by atoms with Crippen molar-refractivity contribution in [2.45, 2.75) is 18.8 Å². The number of benzene rings is 1. The molecule has 2 aromatic rings. The van der Waals surface area contributed by atoms with Crippen molar-refractivity contribution in [3.63, 3.8) is 0 Å². The van der Waals surface area contributed by atoms with Gasteiger partial charge >= 0.3 is 0 Å². The van der Waals surface area contributed by atoms with E-state index in [0.717, 1.165) is 11.6 Å². The Morgan fingerprint density at radius 2 is 1.79 bits per heavy atom. The van der Waals surface area contributed by atoms with Crippen molar-refractivity contribution in [2.75, 3.05) is 6.54 Å². The van der Waals surface area contributed by atoms with Crippen molar-refractivity contribution in [1.82, 2.24) is 4.98 Å². The van der Waals surface area contributed by atoms with Crippen LogP contribution in [0.15, 0.2) is 42.7 Å². The number of pyridine rings is 1. The van der Waals surface area contributed by atoms with E-state index >= 15 is 0 Å². The normalized spacial score (nSPS) is 14.1. The van der Waals surface area contributed by atoms with Crippen LogP contribution in [-0.4, -0.2) is 11.5 Å². The van der Waals surface area contributed by atoms with E-state index in [2.05, 4.69) is 4.98 Å². The molecule has 0 spiro atoms. The van der Waals surface area contributed by atoms with Crippen LogP contribution in [0.4, 0.5) is 8.78 Å². The highest BCUT2D eigenvalue weighted by molar-refractivity contribution is 5.29. The molecule has 0 saturated carbocycles. The van der Waals surface area contributed by atoms with Gasteiger partial charge in [-0.05, 0) is 41.8 Å². The number of rotatable bonds is 4. The summed E-state index contributed by atoms with van der Waals surface area (Å²) in [6.45, 7) is 2.29. The van der Waals surface area contributed by atoms with Crippen LogP contribution < -0.4 is 5.73 Å². The van der Waals surface area contributed by atoms with Crippen LogP contribution >= 0.6 is 0 Å². The van der Waals surface area contributed by atoms with Crippen LogP contribution in [0.2, 0.25) is 0 Å². The van der Waals surface area contributed by atoms with E-state index in [4.69, 9.17) is 5.73 Å². The topological polar surface area (TPSA) is 38.9 Å². The molecule has 2 N–H and O–H groups in total. The zero-order valence-corrected chi connectivity index (χ0v) is 10.7.